The summed E-state index contributed by atoms with van der Waals surface area (Å²) in [4.78, 5) is 39.4. The lowest BCUT2D eigenvalue weighted by Crippen LogP contribution is -3.12. The summed E-state index contributed by atoms with van der Waals surface area (Å²) in [7, 11) is 0. The van der Waals surface area contributed by atoms with Crippen LogP contribution in [0, 0.1) is 10.1 Å². The van der Waals surface area contributed by atoms with Gasteiger partial charge in [-0.3, -0.25) is 19.7 Å². The average Bonchev–Trinajstić information content (AvgIpc) is 3.04. The molecule has 1 saturated heterocycles. The van der Waals surface area contributed by atoms with E-state index in [0.717, 1.165) is 13.1 Å². The fourth-order valence-corrected chi connectivity index (χ4v) is 4.04. The van der Waals surface area contributed by atoms with Gasteiger partial charge in [0, 0.05) is 22.7 Å². The minimum atomic E-state index is -0.930. The number of ketones is 1. The minimum Gasteiger partial charge on any atom is -0.507 e. The topological polar surface area (TPSA) is 105 Å². The van der Waals surface area contributed by atoms with Crippen LogP contribution in [0.15, 0.2) is 54.1 Å². The number of nitrogens with one attached hydrogen (secondary N) is 1. The lowest BCUT2D eigenvalue weighted by molar-refractivity contribution is -0.895. The number of aliphatic hydroxyl groups excluding tert-OH is 1. The number of carbonyl (C=O) groups excluding carboxylic acids is 2. The lowest BCUT2D eigenvalue weighted by Gasteiger charge is -2.26. The molecule has 0 aliphatic carbocycles. The van der Waals surface area contributed by atoms with Crippen LogP contribution >= 0.6 is 11.6 Å². The molecule has 168 valence electrons. The summed E-state index contributed by atoms with van der Waals surface area (Å²) in [6.45, 7) is 6.65. The zero-order valence-electron chi connectivity index (χ0n) is 17.9. The van der Waals surface area contributed by atoms with Crippen molar-refractivity contribution in [3.63, 3.8) is 0 Å². The highest BCUT2D eigenvalue weighted by Crippen LogP contribution is 2.40. The second-order valence-electron chi connectivity index (χ2n) is 7.56. The third kappa shape index (κ3) is 4.66. The molecule has 32 heavy (non-hydrogen) atoms. The molecule has 0 bridgehead atoms. The van der Waals surface area contributed by atoms with Crippen LogP contribution in [0.3, 0.4) is 0 Å². The van der Waals surface area contributed by atoms with Crippen LogP contribution in [0.2, 0.25) is 5.02 Å². The number of halogens is 1. The molecule has 9 heteroatoms. The Kier molecular flexibility index (Phi) is 7.27. The Hall–Kier alpha value is -3.23. The van der Waals surface area contributed by atoms with Gasteiger partial charge in [0.1, 0.15) is 5.76 Å². The number of benzene rings is 2. The fourth-order valence-electron chi connectivity index (χ4n) is 3.91. The smallest absolute Gasteiger partial charge is 0.295 e. The number of aliphatic hydroxyl groups is 1. The summed E-state index contributed by atoms with van der Waals surface area (Å²) in [5.74, 6) is -1.89. The predicted octanol–water partition coefficient (Wildman–Crippen LogP) is 2.59. The Bertz CT molecular complexity index is 1060. The van der Waals surface area contributed by atoms with Gasteiger partial charge in [-0.1, -0.05) is 23.7 Å². The van der Waals surface area contributed by atoms with Crippen molar-refractivity contribution in [1.29, 1.82) is 0 Å². The SMILES string of the molecule is CC[NH+](CC)CCN1C(=O)C(=O)/C(=C(/O)c2ccc(Cl)cc2)C1c1cccc([N+](=O)[O-])c1. The Morgan fingerprint density at radius 3 is 2.41 bits per heavy atom. The number of likely N-dealkylation sites (tertiary alicyclic amines) is 1. The first-order chi connectivity index (χ1) is 15.3. The Balaban J connectivity index is 2.13. The Morgan fingerprint density at radius 1 is 1.16 bits per heavy atom. The summed E-state index contributed by atoms with van der Waals surface area (Å²) < 4.78 is 0. The maximum absolute atomic E-state index is 13.0. The third-order valence-electron chi connectivity index (χ3n) is 5.76. The van der Waals surface area contributed by atoms with Gasteiger partial charge in [-0.05, 0) is 43.7 Å². The number of hydrogen-bond acceptors (Lipinski definition) is 5. The van der Waals surface area contributed by atoms with Gasteiger partial charge in [0.2, 0.25) is 0 Å². The van der Waals surface area contributed by atoms with E-state index in [-0.39, 0.29) is 23.6 Å². The summed E-state index contributed by atoms with van der Waals surface area (Å²) in [6, 6.07) is 11.1. The van der Waals surface area contributed by atoms with E-state index in [0.29, 0.717) is 22.7 Å². The van der Waals surface area contributed by atoms with E-state index < -0.39 is 22.7 Å². The maximum Gasteiger partial charge on any atom is 0.295 e. The first-order valence-electron chi connectivity index (χ1n) is 10.4. The molecule has 1 heterocycles. The summed E-state index contributed by atoms with van der Waals surface area (Å²) in [5.41, 5.74) is 0.474. The number of likely N-dealkylation sites (N-methyl/N-ethyl adjacent to an activating group) is 1. The molecule has 0 saturated carbocycles. The number of hydrogen-bond donors (Lipinski definition) is 2. The molecule has 1 unspecified atom stereocenters. The number of amides is 1. The van der Waals surface area contributed by atoms with Gasteiger partial charge in [0.05, 0.1) is 42.7 Å². The van der Waals surface area contributed by atoms with Gasteiger partial charge in [0.15, 0.2) is 0 Å². The first-order valence-corrected chi connectivity index (χ1v) is 10.8. The minimum absolute atomic E-state index is 0.0904. The normalized spacial score (nSPS) is 17.9. The maximum atomic E-state index is 13.0. The molecule has 1 aliphatic heterocycles. The number of nitrogens with zero attached hydrogens (tertiary/aromatic N) is 2. The largest absolute Gasteiger partial charge is 0.507 e. The summed E-state index contributed by atoms with van der Waals surface area (Å²) in [5, 5.41) is 22.8. The number of nitro benzene ring substituents is 1. The van der Waals surface area contributed by atoms with Gasteiger partial charge < -0.3 is 14.9 Å². The molecule has 2 N–H and O–H groups in total. The molecule has 1 amide bonds. The number of rotatable bonds is 8. The van der Waals surface area contributed by atoms with Crippen LogP contribution in [0.5, 0.6) is 0 Å². The van der Waals surface area contributed by atoms with E-state index in [9.17, 15) is 24.8 Å². The van der Waals surface area contributed by atoms with E-state index in [2.05, 4.69) is 0 Å². The van der Waals surface area contributed by atoms with E-state index in [4.69, 9.17) is 11.6 Å². The van der Waals surface area contributed by atoms with Gasteiger partial charge in [0.25, 0.3) is 17.4 Å². The molecule has 1 atom stereocenters. The summed E-state index contributed by atoms with van der Waals surface area (Å²) >= 11 is 5.93. The van der Waals surface area contributed by atoms with Crippen molar-refractivity contribution < 1.29 is 24.5 Å². The van der Waals surface area contributed by atoms with Crippen LogP contribution in [0.4, 0.5) is 5.69 Å². The van der Waals surface area contributed by atoms with Gasteiger partial charge in [-0.25, -0.2) is 0 Å². The number of quaternary nitrogens is 1. The van der Waals surface area contributed by atoms with Gasteiger partial charge in [-0.2, -0.15) is 0 Å². The van der Waals surface area contributed by atoms with E-state index in [1.807, 2.05) is 13.8 Å². The molecule has 0 radical (unpaired) electrons. The molecule has 8 nitrogen and oxygen atoms in total. The number of carbonyl (C=O) groups is 2. The quantitative estimate of drug-likeness (QED) is 0.208. The standard InChI is InChI=1S/C23H24ClN3O5/c1-3-25(4-2)12-13-26-20(16-6-5-7-18(14-16)27(31)32)19(22(29)23(26)30)21(28)15-8-10-17(24)11-9-15/h5-11,14,20,28H,3-4,12-13H2,1-2H3/p+1/b21-19+. The van der Waals surface area contributed by atoms with Crippen LogP contribution in [-0.4, -0.2) is 52.8 Å². The predicted molar refractivity (Wildman–Crippen MR) is 120 cm³/mol. The van der Waals surface area contributed by atoms with Crippen molar-refractivity contribution in [2.24, 2.45) is 0 Å². The van der Waals surface area contributed by atoms with Gasteiger partial charge in [-0.15, -0.1) is 0 Å². The summed E-state index contributed by atoms with van der Waals surface area (Å²) in [6.07, 6.45) is 0. The van der Waals surface area contributed by atoms with Crippen molar-refractivity contribution in [3.05, 3.63) is 80.4 Å². The molecule has 2 aromatic carbocycles. The average molecular weight is 459 g/mol. The molecular formula is C23H25ClN3O5+. The van der Waals surface area contributed by atoms with Crippen LogP contribution in [-0.2, 0) is 9.59 Å². The second-order valence-corrected chi connectivity index (χ2v) is 8.00. The lowest BCUT2D eigenvalue weighted by atomic mass is 9.95. The molecule has 1 aliphatic rings. The van der Waals surface area contributed by atoms with Crippen molar-refractivity contribution in [2.75, 3.05) is 26.2 Å². The van der Waals surface area contributed by atoms with Crippen molar-refractivity contribution in [2.45, 2.75) is 19.9 Å². The molecule has 1 fully saturated rings. The molecule has 2 aromatic rings. The fraction of sp³-hybridized carbons (Fsp3) is 0.304. The highest BCUT2D eigenvalue weighted by Gasteiger charge is 2.46. The van der Waals surface area contributed by atoms with E-state index >= 15 is 0 Å². The highest BCUT2D eigenvalue weighted by atomic mass is 35.5. The first kappa shape index (κ1) is 23.4. The van der Waals surface area contributed by atoms with E-state index in [1.54, 1.807) is 30.3 Å². The Morgan fingerprint density at radius 2 is 1.81 bits per heavy atom. The zero-order valence-corrected chi connectivity index (χ0v) is 18.6. The van der Waals surface area contributed by atoms with E-state index in [1.165, 1.54) is 28.0 Å². The number of non-ortho nitro benzene ring substituents is 1. The number of Topliss-reactive ketones (excluding diaryl/α,β-unsaturated/α-hetero) is 1. The third-order valence-corrected chi connectivity index (χ3v) is 6.01. The molecule has 0 spiro atoms. The molecular weight excluding hydrogens is 434 g/mol. The monoisotopic (exact) mass is 458 g/mol. The van der Waals surface area contributed by atoms with Crippen LogP contribution in [0.25, 0.3) is 5.76 Å². The Labute approximate surface area is 190 Å². The van der Waals surface area contributed by atoms with Crippen molar-refractivity contribution >= 4 is 34.7 Å². The van der Waals surface area contributed by atoms with Crippen molar-refractivity contribution in [1.82, 2.24) is 4.90 Å². The van der Waals surface area contributed by atoms with Gasteiger partial charge >= 0.3 is 0 Å². The van der Waals surface area contributed by atoms with Crippen molar-refractivity contribution in [3.8, 4) is 0 Å². The number of nitro groups is 1. The molecule has 0 aromatic heterocycles. The molecule has 3 rings (SSSR count). The van der Waals surface area contributed by atoms with Crippen LogP contribution in [0.1, 0.15) is 31.0 Å². The highest BCUT2D eigenvalue weighted by molar-refractivity contribution is 6.46. The second kappa shape index (κ2) is 9.93. The zero-order chi connectivity index (χ0) is 23.4. The van der Waals surface area contributed by atoms with Crippen LogP contribution < -0.4 is 4.90 Å².